The predicted molar refractivity (Wildman–Crippen MR) is 140 cm³/mol. The second kappa shape index (κ2) is 10.5. The molecule has 2 aromatic heterocycles. The van der Waals surface area contributed by atoms with Crippen molar-refractivity contribution in [1.82, 2.24) is 25.6 Å². The molecule has 0 saturated carbocycles. The van der Waals surface area contributed by atoms with Gasteiger partial charge < -0.3 is 16.0 Å². The maximum absolute atomic E-state index is 13.0. The highest BCUT2D eigenvalue weighted by atomic mass is 79.9. The highest BCUT2D eigenvalue weighted by Gasteiger charge is 2.19. The number of rotatable bonds is 8. The summed E-state index contributed by atoms with van der Waals surface area (Å²) in [5.74, 6) is -0.0901. The molecule has 4 aromatic rings. The number of pyridine rings is 1. The lowest BCUT2D eigenvalue weighted by molar-refractivity contribution is 0.0950. The summed E-state index contributed by atoms with van der Waals surface area (Å²) < 4.78 is 24.6. The number of aromatic nitrogens is 3. The SMILES string of the molecule is CNCCNC(=O)c1nc2nc(Nc3cccc(S(C)(=O)=O)c3)ncc2cc1-c1ccccc1Br. The van der Waals surface area contributed by atoms with E-state index in [-0.39, 0.29) is 22.4 Å². The molecule has 180 valence electrons. The van der Waals surface area contributed by atoms with Crippen LogP contribution in [-0.4, -0.2) is 55.7 Å². The van der Waals surface area contributed by atoms with Gasteiger partial charge in [-0.05, 0) is 42.9 Å². The second-order valence-electron chi connectivity index (χ2n) is 7.76. The van der Waals surface area contributed by atoms with Gasteiger partial charge in [0.2, 0.25) is 5.95 Å². The molecule has 0 aliphatic carbocycles. The standard InChI is InChI=1S/C24H23BrN6O3S/c1-26-10-11-27-23(32)21-19(18-8-3-4-9-20(18)25)12-15-14-28-24(31-22(15)30-21)29-16-6-5-7-17(13-16)35(2,33)34/h3-9,12-14,26H,10-11H2,1-2H3,(H,27,32)(H,28,29,30,31). The van der Waals surface area contributed by atoms with Crippen molar-refractivity contribution >= 4 is 54.3 Å². The van der Waals surface area contributed by atoms with Crippen LogP contribution in [0, 0.1) is 0 Å². The molecule has 1 amide bonds. The van der Waals surface area contributed by atoms with Crippen LogP contribution in [0.2, 0.25) is 0 Å². The molecule has 4 rings (SSSR count). The third-order valence-electron chi connectivity index (χ3n) is 5.13. The molecule has 2 heterocycles. The second-order valence-corrected chi connectivity index (χ2v) is 10.6. The van der Waals surface area contributed by atoms with Crippen LogP contribution in [0.4, 0.5) is 11.6 Å². The minimum Gasteiger partial charge on any atom is -0.349 e. The highest BCUT2D eigenvalue weighted by molar-refractivity contribution is 9.10. The van der Waals surface area contributed by atoms with Gasteiger partial charge in [0.05, 0.1) is 4.90 Å². The summed E-state index contributed by atoms with van der Waals surface area (Å²) in [5, 5.41) is 9.53. The van der Waals surface area contributed by atoms with Crippen LogP contribution in [0.25, 0.3) is 22.2 Å². The van der Waals surface area contributed by atoms with Crippen LogP contribution in [0.3, 0.4) is 0 Å². The van der Waals surface area contributed by atoms with Crippen LogP contribution < -0.4 is 16.0 Å². The number of carbonyl (C=O) groups excluding carboxylic acids is 1. The molecule has 0 spiro atoms. The fourth-order valence-corrected chi connectivity index (χ4v) is 4.57. The first kappa shape index (κ1) is 24.7. The molecule has 0 radical (unpaired) electrons. The van der Waals surface area contributed by atoms with E-state index in [1.807, 2.05) is 37.4 Å². The molecule has 0 aliphatic heterocycles. The zero-order chi connectivity index (χ0) is 25.0. The van der Waals surface area contributed by atoms with E-state index in [4.69, 9.17) is 0 Å². The first-order chi connectivity index (χ1) is 16.8. The number of nitrogens with zero attached hydrogens (tertiary/aromatic N) is 3. The molecule has 0 aliphatic rings. The normalized spacial score (nSPS) is 11.4. The summed E-state index contributed by atoms with van der Waals surface area (Å²) in [6, 6.07) is 15.8. The fourth-order valence-electron chi connectivity index (χ4n) is 3.40. The van der Waals surface area contributed by atoms with Gasteiger partial charge in [-0.3, -0.25) is 4.79 Å². The topological polar surface area (TPSA) is 126 Å². The number of hydrogen-bond donors (Lipinski definition) is 3. The Labute approximate surface area is 211 Å². The van der Waals surface area contributed by atoms with E-state index in [9.17, 15) is 13.2 Å². The average molecular weight is 555 g/mol. The minimum absolute atomic E-state index is 0.181. The van der Waals surface area contributed by atoms with Crippen molar-refractivity contribution in [3.05, 3.63) is 71.0 Å². The monoisotopic (exact) mass is 554 g/mol. The molecule has 2 aromatic carbocycles. The van der Waals surface area contributed by atoms with E-state index in [1.165, 1.54) is 12.1 Å². The number of carbonyl (C=O) groups is 1. The van der Waals surface area contributed by atoms with E-state index in [2.05, 4.69) is 46.8 Å². The van der Waals surface area contributed by atoms with Crippen molar-refractivity contribution < 1.29 is 13.2 Å². The number of nitrogens with one attached hydrogen (secondary N) is 3. The van der Waals surface area contributed by atoms with Gasteiger partial charge in [0.15, 0.2) is 15.5 Å². The highest BCUT2D eigenvalue weighted by Crippen LogP contribution is 2.32. The third kappa shape index (κ3) is 5.81. The van der Waals surface area contributed by atoms with Gasteiger partial charge >= 0.3 is 0 Å². The average Bonchev–Trinajstić information content (AvgIpc) is 2.83. The Morgan fingerprint density at radius 1 is 1.00 bits per heavy atom. The Balaban J connectivity index is 1.76. The van der Waals surface area contributed by atoms with Gasteiger partial charge in [-0.2, -0.15) is 4.98 Å². The number of anilines is 2. The van der Waals surface area contributed by atoms with Gasteiger partial charge in [0.25, 0.3) is 5.91 Å². The maximum atomic E-state index is 13.0. The van der Waals surface area contributed by atoms with Crippen LogP contribution >= 0.6 is 15.9 Å². The molecule has 11 heteroatoms. The van der Waals surface area contributed by atoms with Gasteiger partial charge in [0, 0.05) is 46.7 Å². The van der Waals surface area contributed by atoms with E-state index in [1.54, 1.807) is 18.3 Å². The van der Waals surface area contributed by atoms with Crippen LogP contribution in [0.5, 0.6) is 0 Å². The smallest absolute Gasteiger partial charge is 0.270 e. The van der Waals surface area contributed by atoms with Crippen molar-refractivity contribution in [3.8, 4) is 11.1 Å². The Kier molecular flexibility index (Phi) is 7.39. The lowest BCUT2D eigenvalue weighted by atomic mass is 10.0. The van der Waals surface area contributed by atoms with Crippen LogP contribution in [-0.2, 0) is 9.84 Å². The van der Waals surface area contributed by atoms with Gasteiger partial charge in [-0.25, -0.2) is 18.4 Å². The van der Waals surface area contributed by atoms with Gasteiger partial charge in [-0.1, -0.05) is 40.2 Å². The van der Waals surface area contributed by atoms with Crippen molar-refractivity contribution in [2.45, 2.75) is 4.90 Å². The molecular formula is C24H23BrN6O3S. The fraction of sp³-hybridized carbons (Fsp3) is 0.167. The molecule has 0 fully saturated rings. The molecule has 0 bridgehead atoms. The Morgan fingerprint density at radius 3 is 2.54 bits per heavy atom. The van der Waals surface area contributed by atoms with Crippen LogP contribution in [0.15, 0.2) is 70.2 Å². The Hall–Kier alpha value is -3.41. The summed E-state index contributed by atoms with van der Waals surface area (Å²) in [5.41, 5.74) is 2.56. The van der Waals surface area contributed by atoms with E-state index >= 15 is 0 Å². The van der Waals surface area contributed by atoms with E-state index in [0.29, 0.717) is 35.4 Å². The third-order valence-corrected chi connectivity index (χ3v) is 6.93. The lowest BCUT2D eigenvalue weighted by Crippen LogP contribution is -2.31. The lowest BCUT2D eigenvalue weighted by Gasteiger charge is -2.13. The largest absolute Gasteiger partial charge is 0.349 e. The molecule has 3 N–H and O–H groups in total. The summed E-state index contributed by atoms with van der Waals surface area (Å²) >= 11 is 3.56. The van der Waals surface area contributed by atoms with E-state index < -0.39 is 9.84 Å². The summed E-state index contributed by atoms with van der Waals surface area (Å²) in [4.78, 5) is 26.6. The molecule has 0 atom stereocenters. The number of fused-ring (bicyclic) bond motifs is 1. The number of benzene rings is 2. The Bertz CT molecular complexity index is 1510. The van der Waals surface area contributed by atoms with Crippen molar-refractivity contribution in [2.75, 3.05) is 31.7 Å². The first-order valence-electron chi connectivity index (χ1n) is 10.7. The quantitative estimate of drug-likeness (QED) is 0.282. The molecule has 0 saturated heterocycles. The van der Waals surface area contributed by atoms with Crippen molar-refractivity contribution in [1.29, 1.82) is 0 Å². The number of sulfone groups is 1. The van der Waals surface area contributed by atoms with Crippen LogP contribution in [0.1, 0.15) is 10.5 Å². The maximum Gasteiger partial charge on any atom is 0.270 e. The zero-order valence-electron chi connectivity index (χ0n) is 19.0. The number of likely N-dealkylation sites (N-methyl/N-ethyl adjacent to an activating group) is 1. The number of halogens is 1. The first-order valence-corrected chi connectivity index (χ1v) is 13.4. The number of hydrogen-bond acceptors (Lipinski definition) is 8. The number of amides is 1. The zero-order valence-corrected chi connectivity index (χ0v) is 21.4. The summed E-state index contributed by atoms with van der Waals surface area (Å²) in [7, 11) is -1.55. The van der Waals surface area contributed by atoms with Gasteiger partial charge in [0.1, 0.15) is 5.69 Å². The molecule has 9 nitrogen and oxygen atoms in total. The van der Waals surface area contributed by atoms with Crippen molar-refractivity contribution in [2.24, 2.45) is 0 Å². The minimum atomic E-state index is -3.36. The van der Waals surface area contributed by atoms with Crippen molar-refractivity contribution in [3.63, 3.8) is 0 Å². The molecule has 35 heavy (non-hydrogen) atoms. The summed E-state index contributed by atoms with van der Waals surface area (Å²) in [6.07, 6.45) is 2.76. The van der Waals surface area contributed by atoms with E-state index in [0.717, 1.165) is 16.3 Å². The Morgan fingerprint density at radius 2 is 1.80 bits per heavy atom. The summed E-state index contributed by atoms with van der Waals surface area (Å²) in [6.45, 7) is 1.06. The van der Waals surface area contributed by atoms with Gasteiger partial charge in [-0.15, -0.1) is 0 Å². The predicted octanol–water partition coefficient (Wildman–Crippen LogP) is 3.55. The molecule has 0 unspecified atom stereocenters. The molecular weight excluding hydrogens is 532 g/mol.